The zero-order valence-corrected chi connectivity index (χ0v) is 13.7. The number of amides is 1. The molecule has 1 N–H and O–H groups in total. The van der Waals surface area contributed by atoms with Crippen LogP contribution in [0.15, 0.2) is 48.8 Å². The van der Waals surface area contributed by atoms with Crippen molar-refractivity contribution in [2.45, 2.75) is 6.54 Å². The third kappa shape index (κ3) is 3.27. The monoisotopic (exact) mass is 356 g/mol. The van der Waals surface area contributed by atoms with Gasteiger partial charge in [0.25, 0.3) is 5.91 Å². The number of nitrogens with zero attached hydrogens (tertiary/aromatic N) is 3. The van der Waals surface area contributed by atoms with Gasteiger partial charge in [-0.15, -0.1) is 5.10 Å². The summed E-state index contributed by atoms with van der Waals surface area (Å²) >= 11 is 6.14. The molecule has 7 nitrogen and oxygen atoms in total. The van der Waals surface area contributed by atoms with E-state index in [0.29, 0.717) is 28.6 Å². The molecule has 1 amide bonds. The van der Waals surface area contributed by atoms with Gasteiger partial charge in [-0.25, -0.2) is 9.67 Å². The van der Waals surface area contributed by atoms with Crippen LogP contribution in [0.1, 0.15) is 15.9 Å². The van der Waals surface area contributed by atoms with Gasteiger partial charge in [0.2, 0.25) is 12.7 Å². The van der Waals surface area contributed by atoms with Crippen LogP contribution in [0.4, 0.5) is 5.95 Å². The number of rotatable bonds is 4. The second-order valence-electron chi connectivity index (χ2n) is 5.38. The van der Waals surface area contributed by atoms with Gasteiger partial charge >= 0.3 is 0 Å². The quantitative estimate of drug-likeness (QED) is 0.777. The molecule has 0 radical (unpaired) electrons. The second kappa shape index (κ2) is 6.45. The van der Waals surface area contributed by atoms with Crippen LogP contribution in [-0.2, 0) is 6.54 Å². The maximum absolute atomic E-state index is 12.3. The van der Waals surface area contributed by atoms with Crippen molar-refractivity contribution in [2.75, 3.05) is 12.1 Å². The molecule has 0 spiro atoms. The number of fused-ring (bicyclic) bond motifs is 1. The predicted molar refractivity (Wildman–Crippen MR) is 91.1 cm³/mol. The van der Waals surface area contributed by atoms with E-state index in [-0.39, 0.29) is 18.6 Å². The van der Waals surface area contributed by atoms with Gasteiger partial charge in [-0.2, -0.15) is 0 Å². The van der Waals surface area contributed by atoms with Gasteiger partial charge in [-0.1, -0.05) is 29.8 Å². The van der Waals surface area contributed by atoms with E-state index in [4.69, 9.17) is 21.1 Å². The van der Waals surface area contributed by atoms with Crippen LogP contribution in [0.3, 0.4) is 0 Å². The smallest absolute Gasteiger partial charge is 0.258 e. The Morgan fingerprint density at radius 3 is 2.92 bits per heavy atom. The first-order valence-electron chi connectivity index (χ1n) is 7.53. The summed E-state index contributed by atoms with van der Waals surface area (Å²) in [6.07, 6.45) is 1.54. The summed E-state index contributed by atoms with van der Waals surface area (Å²) in [5.74, 6) is 1.06. The average molecular weight is 357 g/mol. The lowest BCUT2D eigenvalue weighted by Crippen LogP contribution is -2.13. The van der Waals surface area contributed by atoms with E-state index in [9.17, 15) is 4.79 Å². The summed E-state index contributed by atoms with van der Waals surface area (Å²) in [6, 6.07) is 12.5. The van der Waals surface area contributed by atoms with Crippen LogP contribution < -0.4 is 14.8 Å². The van der Waals surface area contributed by atoms with E-state index in [2.05, 4.69) is 15.4 Å². The molecule has 0 atom stereocenters. The van der Waals surface area contributed by atoms with Gasteiger partial charge in [0.15, 0.2) is 11.5 Å². The summed E-state index contributed by atoms with van der Waals surface area (Å²) in [5.41, 5.74) is 1.36. The predicted octanol–water partition coefficient (Wildman–Crippen LogP) is 2.96. The largest absolute Gasteiger partial charge is 0.454 e. The van der Waals surface area contributed by atoms with Crippen molar-refractivity contribution in [3.63, 3.8) is 0 Å². The highest BCUT2D eigenvalue weighted by Crippen LogP contribution is 2.32. The van der Waals surface area contributed by atoms with Gasteiger partial charge in [-0.05, 0) is 29.8 Å². The number of ether oxygens (including phenoxy) is 2. The summed E-state index contributed by atoms with van der Waals surface area (Å²) in [4.78, 5) is 16.4. The lowest BCUT2D eigenvalue weighted by molar-refractivity contribution is 0.102. The van der Waals surface area contributed by atoms with E-state index in [1.807, 2.05) is 24.3 Å². The zero-order valence-electron chi connectivity index (χ0n) is 13.0. The summed E-state index contributed by atoms with van der Waals surface area (Å²) < 4.78 is 12.1. The van der Waals surface area contributed by atoms with Crippen LogP contribution in [0.2, 0.25) is 5.02 Å². The molecule has 3 aromatic rings. The number of anilines is 1. The number of halogens is 1. The first-order chi connectivity index (χ1) is 12.2. The fourth-order valence-corrected chi connectivity index (χ4v) is 2.64. The average Bonchev–Trinajstić information content (AvgIpc) is 3.25. The Hall–Kier alpha value is -3.06. The third-order valence-electron chi connectivity index (χ3n) is 3.69. The summed E-state index contributed by atoms with van der Waals surface area (Å²) in [6.45, 7) is 0.626. The van der Waals surface area contributed by atoms with E-state index < -0.39 is 0 Å². The second-order valence-corrected chi connectivity index (χ2v) is 5.79. The van der Waals surface area contributed by atoms with Crippen molar-refractivity contribution in [3.05, 3.63) is 64.9 Å². The molecular formula is C17H13ClN4O3. The molecule has 1 aromatic heterocycles. The molecule has 0 saturated heterocycles. The molecular weight excluding hydrogens is 344 g/mol. The van der Waals surface area contributed by atoms with Crippen molar-refractivity contribution >= 4 is 23.5 Å². The molecule has 0 aliphatic carbocycles. The van der Waals surface area contributed by atoms with Crippen LogP contribution in [0.25, 0.3) is 0 Å². The van der Waals surface area contributed by atoms with Gasteiger partial charge in [0.1, 0.15) is 6.33 Å². The van der Waals surface area contributed by atoms with Crippen molar-refractivity contribution < 1.29 is 14.3 Å². The van der Waals surface area contributed by atoms with Gasteiger partial charge in [0, 0.05) is 10.6 Å². The molecule has 0 bridgehead atoms. The topological polar surface area (TPSA) is 78.3 Å². The van der Waals surface area contributed by atoms with E-state index >= 15 is 0 Å². The van der Waals surface area contributed by atoms with Gasteiger partial charge < -0.3 is 9.47 Å². The highest BCUT2D eigenvalue weighted by atomic mass is 35.5. The SMILES string of the molecule is O=C(Nc1ncn(Cc2ccccc2Cl)n1)c1ccc2c(c1)OCO2. The molecule has 0 unspecified atom stereocenters. The van der Waals surface area contributed by atoms with Crippen LogP contribution in [0, 0.1) is 0 Å². The number of hydrogen-bond acceptors (Lipinski definition) is 5. The molecule has 1 aliphatic heterocycles. The Morgan fingerprint density at radius 1 is 1.20 bits per heavy atom. The highest BCUT2D eigenvalue weighted by molar-refractivity contribution is 6.31. The molecule has 2 heterocycles. The van der Waals surface area contributed by atoms with Crippen LogP contribution in [0.5, 0.6) is 11.5 Å². The molecule has 8 heteroatoms. The van der Waals surface area contributed by atoms with Crippen molar-refractivity contribution in [1.29, 1.82) is 0 Å². The first-order valence-corrected chi connectivity index (χ1v) is 7.91. The fourth-order valence-electron chi connectivity index (χ4n) is 2.44. The molecule has 4 rings (SSSR count). The Balaban J connectivity index is 1.46. The normalized spacial score (nSPS) is 12.2. The zero-order chi connectivity index (χ0) is 17.2. The number of carbonyl (C=O) groups is 1. The molecule has 1 aliphatic rings. The summed E-state index contributed by atoms with van der Waals surface area (Å²) in [7, 11) is 0. The number of carbonyl (C=O) groups excluding carboxylic acids is 1. The number of nitrogens with one attached hydrogen (secondary N) is 1. The maximum Gasteiger partial charge on any atom is 0.258 e. The Labute approximate surface area is 148 Å². The van der Waals surface area contributed by atoms with Gasteiger partial charge in [-0.3, -0.25) is 10.1 Å². The van der Waals surface area contributed by atoms with Crippen molar-refractivity contribution in [3.8, 4) is 11.5 Å². The highest BCUT2D eigenvalue weighted by Gasteiger charge is 2.17. The third-order valence-corrected chi connectivity index (χ3v) is 4.06. The lowest BCUT2D eigenvalue weighted by Gasteiger charge is -2.04. The van der Waals surface area contributed by atoms with Crippen LogP contribution in [-0.4, -0.2) is 27.5 Å². The Bertz CT molecular complexity index is 941. The lowest BCUT2D eigenvalue weighted by atomic mass is 10.2. The molecule has 126 valence electrons. The maximum atomic E-state index is 12.3. The molecule has 0 fully saturated rings. The first kappa shape index (κ1) is 15.5. The van der Waals surface area contributed by atoms with E-state index in [1.165, 1.54) is 0 Å². The van der Waals surface area contributed by atoms with Crippen molar-refractivity contribution in [1.82, 2.24) is 14.8 Å². The van der Waals surface area contributed by atoms with Crippen molar-refractivity contribution in [2.24, 2.45) is 0 Å². The minimum atomic E-state index is -0.325. The number of benzene rings is 2. The Kier molecular flexibility index (Phi) is 3.99. The van der Waals surface area contributed by atoms with E-state index in [1.54, 1.807) is 29.2 Å². The summed E-state index contributed by atoms with van der Waals surface area (Å²) in [5, 5.41) is 7.56. The Morgan fingerprint density at radius 2 is 2.04 bits per heavy atom. The molecule has 0 saturated carbocycles. The number of hydrogen-bond donors (Lipinski definition) is 1. The standard InChI is InChI=1S/C17H13ClN4O3/c18-13-4-2-1-3-12(13)8-22-9-19-17(21-22)20-16(23)11-5-6-14-15(7-11)25-10-24-14/h1-7,9H,8,10H2,(H,20,21,23). The minimum Gasteiger partial charge on any atom is -0.454 e. The number of aromatic nitrogens is 3. The molecule has 25 heavy (non-hydrogen) atoms. The van der Waals surface area contributed by atoms with Crippen LogP contribution >= 0.6 is 11.6 Å². The molecule has 2 aromatic carbocycles. The fraction of sp³-hybridized carbons (Fsp3) is 0.118. The minimum absolute atomic E-state index is 0.161. The van der Waals surface area contributed by atoms with Gasteiger partial charge in [0.05, 0.1) is 6.54 Å². The van der Waals surface area contributed by atoms with E-state index in [0.717, 1.165) is 5.56 Å².